The normalized spacial score (nSPS) is 12.2. The fraction of sp³-hybridized carbons (Fsp3) is 0.391. The van der Waals surface area contributed by atoms with Gasteiger partial charge in [-0.25, -0.2) is 8.42 Å². The number of nitro benzene ring substituents is 1. The van der Waals surface area contributed by atoms with Crippen LogP contribution in [-0.4, -0.2) is 54.9 Å². The van der Waals surface area contributed by atoms with Crippen molar-refractivity contribution in [2.24, 2.45) is 0 Å². The van der Waals surface area contributed by atoms with Gasteiger partial charge in [0.15, 0.2) is 0 Å². The standard InChI is InChI=1S/C23H29ClN4O6S/c1-15(2)25-23(30)17(4)26(13-18-8-6-7-9-20(18)24)22(29)14-27(35(5,33)34)21-12-19(28(31)32)11-10-16(21)3/h6-12,15,17H,13-14H2,1-5H3,(H,25,30)/t17-/m1/s1. The zero-order valence-corrected chi connectivity index (χ0v) is 21.8. The van der Waals surface area contributed by atoms with Crippen LogP contribution < -0.4 is 9.62 Å². The largest absolute Gasteiger partial charge is 0.352 e. The van der Waals surface area contributed by atoms with Crippen molar-refractivity contribution in [3.05, 3.63) is 68.7 Å². The number of amides is 2. The molecular formula is C23H29ClN4O6S. The second-order valence-corrected chi connectivity index (χ2v) is 10.8. The topological polar surface area (TPSA) is 130 Å². The van der Waals surface area contributed by atoms with Gasteiger partial charge in [-0.15, -0.1) is 0 Å². The molecule has 190 valence electrons. The molecule has 10 nitrogen and oxygen atoms in total. The van der Waals surface area contributed by atoms with Crippen LogP contribution in [0.25, 0.3) is 0 Å². The summed E-state index contributed by atoms with van der Waals surface area (Å²) in [6.45, 7) is 5.97. The fourth-order valence-electron chi connectivity index (χ4n) is 3.37. The molecule has 2 aromatic rings. The van der Waals surface area contributed by atoms with Crippen LogP contribution in [-0.2, 0) is 26.2 Å². The van der Waals surface area contributed by atoms with Crippen LogP contribution in [0.1, 0.15) is 31.9 Å². The molecule has 0 aliphatic rings. The maximum absolute atomic E-state index is 13.5. The SMILES string of the molecule is Cc1ccc([N+](=O)[O-])cc1N(CC(=O)N(Cc1ccccc1Cl)[C@H](C)C(=O)NC(C)C)S(C)(=O)=O. The first kappa shape index (κ1) is 28.1. The number of sulfonamides is 1. The third-order valence-electron chi connectivity index (χ3n) is 5.25. The maximum atomic E-state index is 13.5. The number of hydrogen-bond donors (Lipinski definition) is 1. The summed E-state index contributed by atoms with van der Waals surface area (Å²) in [4.78, 5) is 38.1. The molecule has 35 heavy (non-hydrogen) atoms. The molecule has 0 spiro atoms. The molecule has 0 aliphatic heterocycles. The van der Waals surface area contributed by atoms with Crippen molar-refractivity contribution in [1.82, 2.24) is 10.2 Å². The summed E-state index contributed by atoms with van der Waals surface area (Å²) in [5.74, 6) is -1.09. The van der Waals surface area contributed by atoms with Crippen LogP contribution in [0.3, 0.4) is 0 Å². The summed E-state index contributed by atoms with van der Waals surface area (Å²) >= 11 is 6.28. The molecule has 0 bridgehead atoms. The van der Waals surface area contributed by atoms with Crippen LogP contribution in [0.2, 0.25) is 5.02 Å². The smallest absolute Gasteiger partial charge is 0.271 e. The number of carbonyl (C=O) groups excluding carboxylic acids is 2. The molecule has 0 heterocycles. The van der Waals surface area contributed by atoms with E-state index >= 15 is 0 Å². The third-order valence-corrected chi connectivity index (χ3v) is 6.74. The lowest BCUT2D eigenvalue weighted by Gasteiger charge is -2.32. The zero-order chi connectivity index (χ0) is 26.5. The van der Waals surface area contributed by atoms with E-state index in [-0.39, 0.29) is 24.0 Å². The maximum Gasteiger partial charge on any atom is 0.271 e. The second-order valence-electron chi connectivity index (χ2n) is 8.45. The number of hydrogen-bond acceptors (Lipinski definition) is 6. The lowest BCUT2D eigenvalue weighted by molar-refractivity contribution is -0.384. The highest BCUT2D eigenvalue weighted by Crippen LogP contribution is 2.28. The van der Waals surface area contributed by atoms with Crippen LogP contribution in [0.4, 0.5) is 11.4 Å². The number of carbonyl (C=O) groups is 2. The highest BCUT2D eigenvalue weighted by molar-refractivity contribution is 7.92. The van der Waals surface area contributed by atoms with Gasteiger partial charge in [-0.3, -0.25) is 24.0 Å². The molecule has 1 N–H and O–H groups in total. The van der Waals surface area contributed by atoms with Crippen molar-refractivity contribution < 1.29 is 22.9 Å². The molecule has 0 radical (unpaired) electrons. The summed E-state index contributed by atoms with van der Waals surface area (Å²) < 4.78 is 26.1. The van der Waals surface area contributed by atoms with Gasteiger partial charge in [0.2, 0.25) is 21.8 Å². The van der Waals surface area contributed by atoms with Crippen LogP contribution in [0.15, 0.2) is 42.5 Å². The number of anilines is 1. The van der Waals surface area contributed by atoms with Crippen molar-refractivity contribution >= 4 is 44.8 Å². The van der Waals surface area contributed by atoms with E-state index in [1.54, 1.807) is 45.0 Å². The minimum absolute atomic E-state index is 0.00651. The molecular weight excluding hydrogens is 496 g/mol. The van der Waals surface area contributed by atoms with Gasteiger partial charge in [0.25, 0.3) is 5.69 Å². The van der Waals surface area contributed by atoms with E-state index < -0.39 is 39.3 Å². The Morgan fingerprint density at radius 2 is 1.77 bits per heavy atom. The summed E-state index contributed by atoms with van der Waals surface area (Å²) in [7, 11) is -4.02. The summed E-state index contributed by atoms with van der Waals surface area (Å²) in [6.07, 6.45) is 0.909. The van der Waals surface area contributed by atoms with E-state index in [1.165, 1.54) is 24.0 Å². The summed E-state index contributed by atoms with van der Waals surface area (Å²) in [5, 5.41) is 14.4. The minimum atomic E-state index is -4.02. The van der Waals surface area contributed by atoms with Gasteiger partial charge >= 0.3 is 0 Å². The van der Waals surface area contributed by atoms with Crippen molar-refractivity contribution in [1.29, 1.82) is 0 Å². The number of benzene rings is 2. The van der Waals surface area contributed by atoms with Gasteiger partial charge in [0, 0.05) is 29.7 Å². The van der Waals surface area contributed by atoms with Gasteiger partial charge in [0.05, 0.1) is 16.9 Å². The predicted molar refractivity (Wildman–Crippen MR) is 135 cm³/mol. The lowest BCUT2D eigenvalue weighted by atomic mass is 10.1. The van der Waals surface area contributed by atoms with Crippen LogP contribution >= 0.6 is 11.6 Å². The molecule has 1 atom stereocenters. The van der Waals surface area contributed by atoms with E-state index in [2.05, 4.69) is 5.32 Å². The molecule has 2 aromatic carbocycles. The fourth-order valence-corrected chi connectivity index (χ4v) is 4.47. The van der Waals surface area contributed by atoms with E-state index in [9.17, 15) is 28.1 Å². The Labute approximate surface area is 210 Å². The number of nitrogens with zero attached hydrogens (tertiary/aromatic N) is 3. The third kappa shape index (κ3) is 7.40. The van der Waals surface area contributed by atoms with Crippen molar-refractivity contribution in [2.45, 2.75) is 46.3 Å². The molecule has 0 saturated carbocycles. The van der Waals surface area contributed by atoms with Crippen LogP contribution in [0.5, 0.6) is 0 Å². The highest BCUT2D eigenvalue weighted by Gasteiger charge is 2.31. The molecule has 0 saturated heterocycles. The first-order valence-electron chi connectivity index (χ1n) is 10.8. The zero-order valence-electron chi connectivity index (χ0n) is 20.2. The Balaban J connectivity index is 2.50. The molecule has 12 heteroatoms. The van der Waals surface area contributed by atoms with E-state index in [4.69, 9.17) is 11.6 Å². The number of rotatable bonds is 10. The Morgan fingerprint density at radius 3 is 2.31 bits per heavy atom. The Hall–Kier alpha value is -3.18. The van der Waals surface area contributed by atoms with E-state index in [0.717, 1.165) is 16.6 Å². The number of nitro groups is 1. The summed E-state index contributed by atoms with van der Waals surface area (Å²) in [5.41, 5.74) is 0.692. The Morgan fingerprint density at radius 1 is 1.14 bits per heavy atom. The molecule has 0 unspecified atom stereocenters. The van der Waals surface area contributed by atoms with Crippen molar-refractivity contribution in [3.8, 4) is 0 Å². The highest BCUT2D eigenvalue weighted by atomic mass is 35.5. The first-order valence-corrected chi connectivity index (χ1v) is 13.0. The molecule has 0 fully saturated rings. The quantitative estimate of drug-likeness (QED) is 0.375. The van der Waals surface area contributed by atoms with Crippen molar-refractivity contribution in [3.63, 3.8) is 0 Å². The minimum Gasteiger partial charge on any atom is -0.352 e. The number of nitrogens with one attached hydrogen (secondary N) is 1. The number of halogens is 1. The van der Waals surface area contributed by atoms with Crippen LogP contribution in [0, 0.1) is 17.0 Å². The Bertz CT molecular complexity index is 1220. The monoisotopic (exact) mass is 524 g/mol. The van der Waals surface area contributed by atoms with Crippen molar-refractivity contribution in [2.75, 3.05) is 17.1 Å². The van der Waals surface area contributed by atoms with Gasteiger partial charge in [-0.05, 0) is 44.9 Å². The first-order chi connectivity index (χ1) is 16.2. The number of non-ortho nitro benzene ring substituents is 1. The number of aryl methyl sites for hydroxylation is 1. The molecule has 0 aliphatic carbocycles. The second kappa shape index (κ2) is 11.5. The molecule has 0 aromatic heterocycles. The Kier molecular flexibility index (Phi) is 9.22. The predicted octanol–water partition coefficient (Wildman–Crippen LogP) is 3.26. The average molecular weight is 525 g/mol. The average Bonchev–Trinajstić information content (AvgIpc) is 2.75. The van der Waals surface area contributed by atoms with Gasteiger partial charge in [-0.1, -0.05) is 35.9 Å². The van der Waals surface area contributed by atoms with E-state index in [0.29, 0.717) is 16.1 Å². The van der Waals surface area contributed by atoms with Gasteiger partial charge in [0.1, 0.15) is 12.6 Å². The summed E-state index contributed by atoms with van der Waals surface area (Å²) in [6, 6.07) is 9.45. The lowest BCUT2D eigenvalue weighted by Crippen LogP contribution is -2.52. The molecule has 2 amide bonds. The van der Waals surface area contributed by atoms with Gasteiger partial charge in [-0.2, -0.15) is 0 Å². The molecule has 2 rings (SSSR count). The van der Waals surface area contributed by atoms with E-state index in [1.807, 2.05) is 0 Å². The van der Waals surface area contributed by atoms with Gasteiger partial charge < -0.3 is 10.2 Å².